The summed E-state index contributed by atoms with van der Waals surface area (Å²) in [5.74, 6) is -0.652. The smallest absolute Gasteiger partial charge is 0.245 e. The van der Waals surface area contributed by atoms with E-state index in [2.05, 4.69) is 20.0 Å². The molecule has 0 unspecified atom stereocenters. The SMILES string of the molecule is O=C(Cc1cccc(F)c1)NCC(=O)Nc1nc(-c2ccccc2)ns1. The molecule has 1 aromatic heterocycles. The second kappa shape index (κ2) is 8.30. The second-order valence-corrected chi connectivity index (χ2v) is 6.17. The van der Waals surface area contributed by atoms with E-state index in [0.29, 0.717) is 16.5 Å². The predicted octanol–water partition coefficient (Wildman–Crippen LogP) is 2.64. The van der Waals surface area contributed by atoms with E-state index in [1.54, 1.807) is 6.07 Å². The van der Waals surface area contributed by atoms with Crippen molar-refractivity contribution >= 4 is 28.5 Å². The lowest BCUT2D eigenvalue weighted by Gasteiger charge is -2.05. The van der Waals surface area contributed by atoms with Crippen molar-refractivity contribution < 1.29 is 14.0 Å². The Morgan fingerprint density at radius 3 is 2.62 bits per heavy atom. The van der Waals surface area contributed by atoms with Crippen LogP contribution in [0.15, 0.2) is 54.6 Å². The Bertz CT molecular complexity index is 914. The van der Waals surface area contributed by atoms with Gasteiger partial charge in [0.05, 0.1) is 13.0 Å². The van der Waals surface area contributed by atoms with Crippen LogP contribution in [-0.2, 0) is 16.0 Å². The minimum Gasteiger partial charge on any atom is -0.347 e. The van der Waals surface area contributed by atoms with Gasteiger partial charge in [0.15, 0.2) is 5.82 Å². The molecule has 8 heteroatoms. The maximum Gasteiger partial charge on any atom is 0.245 e. The van der Waals surface area contributed by atoms with Crippen LogP contribution in [0.2, 0.25) is 0 Å². The molecule has 0 atom stereocenters. The Morgan fingerprint density at radius 1 is 1.04 bits per heavy atom. The van der Waals surface area contributed by atoms with Crippen molar-refractivity contribution in [3.05, 3.63) is 66.0 Å². The third-order valence-electron chi connectivity index (χ3n) is 3.40. The van der Waals surface area contributed by atoms with Crippen molar-refractivity contribution in [2.24, 2.45) is 0 Å². The molecule has 0 fully saturated rings. The average molecular weight is 370 g/mol. The number of anilines is 1. The van der Waals surface area contributed by atoms with E-state index >= 15 is 0 Å². The van der Waals surface area contributed by atoms with Crippen LogP contribution < -0.4 is 10.6 Å². The fourth-order valence-electron chi connectivity index (χ4n) is 2.22. The summed E-state index contributed by atoms with van der Waals surface area (Å²) in [6.45, 7) is -0.200. The van der Waals surface area contributed by atoms with Gasteiger partial charge in [-0.15, -0.1) is 0 Å². The molecule has 3 rings (SSSR count). The van der Waals surface area contributed by atoms with E-state index in [-0.39, 0.29) is 18.9 Å². The molecule has 0 saturated carbocycles. The minimum atomic E-state index is -0.409. The monoisotopic (exact) mass is 370 g/mol. The third kappa shape index (κ3) is 4.93. The van der Waals surface area contributed by atoms with Crippen LogP contribution in [0.25, 0.3) is 11.4 Å². The van der Waals surface area contributed by atoms with Crippen LogP contribution >= 0.6 is 11.5 Å². The van der Waals surface area contributed by atoms with Crippen molar-refractivity contribution in [2.75, 3.05) is 11.9 Å². The topological polar surface area (TPSA) is 84.0 Å². The van der Waals surface area contributed by atoms with Crippen molar-refractivity contribution in [2.45, 2.75) is 6.42 Å². The fourth-order valence-corrected chi connectivity index (χ4v) is 2.82. The highest BCUT2D eigenvalue weighted by atomic mass is 32.1. The Hall–Kier alpha value is -3.13. The summed E-state index contributed by atoms with van der Waals surface area (Å²) < 4.78 is 17.3. The number of carbonyl (C=O) groups excluding carboxylic acids is 2. The Labute approximate surface area is 153 Å². The van der Waals surface area contributed by atoms with Crippen molar-refractivity contribution in [1.29, 1.82) is 0 Å². The van der Waals surface area contributed by atoms with E-state index in [9.17, 15) is 14.0 Å². The summed E-state index contributed by atoms with van der Waals surface area (Å²) in [4.78, 5) is 28.0. The van der Waals surface area contributed by atoms with Crippen molar-refractivity contribution in [3.8, 4) is 11.4 Å². The van der Waals surface area contributed by atoms with Gasteiger partial charge >= 0.3 is 0 Å². The normalized spacial score (nSPS) is 10.3. The quantitative estimate of drug-likeness (QED) is 0.699. The van der Waals surface area contributed by atoms with Crippen LogP contribution in [0, 0.1) is 5.82 Å². The lowest BCUT2D eigenvalue weighted by atomic mass is 10.1. The van der Waals surface area contributed by atoms with Gasteiger partial charge in [-0.05, 0) is 17.7 Å². The number of nitrogens with zero attached hydrogens (tertiary/aromatic N) is 2. The van der Waals surface area contributed by atoms with Crippen LogP contribution in [0.3, 0.4) is 0 Å². The van der Waals surface area contributed by atoms with Gasteiger partial charge in [0.1, 0.15) is 5.82 Å². The number of carbonyl (C=O) groups is 2. The van der Waals surface area contributed by atoms with E-state index in [4.69, 9.17) is 0 Å². The Balaban J connectivity index is 1.48. The number of benzene rings is 2. The summed E-state index contributed by atoms with van der Waals surface area (Å²) >= 11 is 1.06. The maximum atomic E-state index is 13.1. The molecule has 2 amide bonds. The summed E-state index contributed by atoms with van der Waals surface area (Å²) in [7, 11) is 0. The number of rotatable bonds is 6. The lowest BCUT2D eigenvalue weighted by Crippen LogP contribution is -2.33. The molecule has 6 nitrogen and oxygen atoms in total. The highest BCUT2D eigenvalue weighted by Gasteiger charge is 2.11. The highest BCUT2D eigenvalue weighted by molar-refractivity contribution is 7.10. The number of aromatic nitrogens is 2. The summed E-state index contributed by atoms with van der Waals surface area (Å²) in [6.07, 6.45) is 0.00199. The molecule has 2 aromatic carbocycles. The van der Waals surface area contributed by atoms with Gasteiger partial charge in [0.2, 0.25) is 16.9 Å². The minimum absolute atomic E-state index is 0.00199. The molecule has 1 heterocycles. The fraction of sp³-hybridized carbons (Fsp3) is 0.111. The molecule has 0 bridgehead atoms. The van der Waals surface area contributed by atoms with E-state index in [0.717, 1.165) is 17.1 Å². The molecule has 0 radical (unpaired) electrons. The molecule has 0 aliphatic carbocycles. The number of hydrogen-bond acceptors (Lipinski definition) is 5. The molecule has 3 aromatic rings. The van der Waals surface area contributed by atoms with Crippen molar-refractivity contribution in [3.63, 3.8) is 0 Å². The van der Waals surface area contributed by atoms with Gasteiger partial charge in [-0.25, -0.2) is 4.39 Å². The second-order valence-electron chi connectivity index (χ2n) is 5.42. The van der Waals surface area contributed by atoms with Gasteiger partial charge < -0.3 is 5.32 Å². The zero-order chi connectivity index (χ0) is 18.4. The first-order chi connectivity index (χ1) is 12.6. The first kappa shape index (κ1) is 17.7. The van der Waals surface area contributed by atoms with Crippen LogP contribution in [0.1, 0.15) is 5.56 Å². The number of hydrogen-bond donors (Lipinski definition) is 2. The predicted molar refractivity (Wildman–Crippen MR) is 97.1 cm³/mol. The molecule has 0 saturated heterocycles. The van der Waals surface area contributed by atoms with E-state index in [1.165, 1.54) is 18.2 Å². The number of nitrogens with one attached hydrogen (secondary N) is 2. The lowest BCUT2D eigenvalue weighted by molar-refractivity contribution is -0.123. The van der Waals surface area contributed by atoms with Crippen LogP contribution in [0.4, 0.5) is 9.52 Å². The van der Waals surface area contributed by atoms with Gasteiger partial charge in [0.25, 0.3) is 0 Å². The van der Waals surface area contributed by atoms with Crippen LogP contribution in [-0.4, -0.2) is 27.7 Å². The molecule has 0 spiro atoms. The first-order valence-corrected chi connectivity index (χ1v) is 8.57. The summed E-state index contributed by atoms with van der Waals surface area (Å²) in [5, 5.41) is 5.44. The molecule has 2 N–H and O–H groups in total. The maximum absolute atomic E-state index is 13.1. The zero-order valence-electron chi connectivity index (χ0n) is 13.6. The van der Waals surface area contributed by atoms with Crippen LogP contribution in [0.5, 0.6) is 0 Å². The van der Waals surface area contributed by atoms with Gasteiger partial charge in [-0.1, -0.05) is 42.5 Å². The van der Waals surface area contributed by atoms with Gasteiger partial charge in [-0.2, -0.15) is 9.36 Å². The van der Waals surface area contributed by atoms with Gasteiger partial charge in [-0.3, -0.25) is 14.9 Å². The number of halogens is 1. The molecule has 26 heavy (non-hydrogen) atoms. The van der Waals surface area contributed by atoms with E-state index < -0.39 is 11.7 Å². The molecule has 0 aliphatic heterocycles. The zero-order valence-corrected chi connectivity index (χ0v) is 14.4. The van der Waals surface area contributed by atoms with E-state index in [1.807, 2.05) is 30.3 Å². The standard InChI is InChI=1S/C18H15FN4O2S/c19-14-8-4-5-12(9-14)10-15(24)20-11-16(25)21-18-22-17(23-26-18)13-6-2-1-3-7-13/h1-9H,10-11H2,(H,20,24)(H,21,22,23,25). The summed E-state index contributed by atoms with van der Waals surface area (Å²) in [6, 6.07) is 15.2. The van der Waals surface area contributed by atoms with Crippen molar-refractivity contribution in [1.82, 2.24) is 14.7 Å². The molecule has 132 valence electrons. The highest BCUT2D eigenvalue weighted by Crippen LogP contribution is 2.20. The molecule has 0 aliphatic rings. The Kier molecular flexibility index (Phi) is 5.65. The first-order valence-electron chi connectivity index (χ1n) is 7.80. The molecular weight excluding hydrogens is 355 g/mol. The Morgan fingerprint density at radius 2 is 1.85 bits per heavy atom. The summed E-state index contributed by atoms with van der Waals surface area (Å²) in [5.41, 5.74) is 1.40. The van der Waals surface area contributed by atoms with Gasteiger partial charge in [0, 0.05) is 17.1 Å². The number of amides is 2. The average Bonchev–Trinajstić information content (AvgIpc) is 3.09. The largest absolute Gasteiger partial charge is 0.347 e. The molecular formula is C18H15FN4O2S. The third-order valence-corrected chi connectivity index (χ3v) is 4.03.